The van der Waals surface area contributed by atoms with Gasteiger partial charge in [0.2, 0.25) is 0 Å². The number of ether oxygens (including phenoxy) is 1. The largest absolute Gasteiger partial charge is 0.364 e. The van der Waals surface area contributed by atoms with E-state index in [0.717, 1.165) is 28.4 Å². The Morgan fingerprint density at radius 3 is 2.65 bits per heavy atom. The second kappa shape index (κ2) is 4.72. The molecule has 0 N–H and O–H groups in total. The van der Waals surface area contributed by atoms with Gasteiger partial charge in [0.1, 0.15) is 6.73 Å². The quantitative estimate of drug-likeness (QED) is 0.757. The molecule has 2 aromatic rings. The summed E-state index contributed by atoms with van der Waals surface area (Å²) in [4.78, 5) is 11.3. The zero-order valence-corrected chi connectivity index (χ0v) is 10.4. The van der Waals surface area contributed by atoms with E-state index in [1.165, 1.54) is 0 Å². The Hall–Kier alpha value is -1.61. The predicted molar refractivity (Wildman–Crippen MR) is 68.4 cm³/mol. The Kier molecular flexibility index (Phi) is 3.29. The molecule has 3 heteroatoms. The van der Waals surface area contributed by atoms with Gasteiger partial charge >= 0.3 is 0 Å². The number of methoxy groups -OCH3 is 1. The van der Waals surface area contributed by atoms with E-state index in [4.69, 9.17) is 4.74 Å². The van der Waals surface area contributed by atoms with Crippen molar-refractivity contribution in [1.29, 1.82) is 0 Å². The topological polar surface area (TPSA) is 31.2 Å². The molecule has 17 heavy (non-hydrogen) atoms. The lowest BCUT2D eigenvalue weighted by Gasteiger charge is -2.12. The van der Waals surface area contributed by atoms with Crippen LogP contribution in [0.5, 0.6) is 0 Å². The van der Waals surface area contributed by atoms with Crippen molar-refractivity contribution in [2.75, 3.05) is 7.11 Å². The van der Waals surface area contributed by atoms with E-state index in [-0.39, 0.29) is 5.92 Å². The van der Waals surface area contributed by atoms with Crippen LogP contribution in [0, 0.1) is 0 Å². The third kappa shape index (κ3) is 1.87. The zero-order chi connectivity index (χ0) is 12.4. The molecule has 1 aromatic carbocycles. The maximum atomic E-state index is 11.3. The number of aldehydes is 1. The maximum Gasteiger partial charge on any atom is 0.152 e. The van der Waals surface area contributed by atoms with Gasteiger partial charge in [0, 0.05) is 23.8 Å². The molecule has 0 aliphatic heterocycles. The predicted octanol–water partition coefficient (Wildman–Crippen LogP) is 3.18. The number of fused-ring (bicyclic) bond motifs is 1. The molecule has 0 bridgehead atoms. The molecule has 0 saturated carbocycles. The lowest BCUT2D eigenvalue weighted by atomic mass is 10.0. The van der Waals surface area contributed by atoms with Crippen molar-refractivity contribution in [3.05, 3.63) is 35.5 Å². The van der Waals surface area contributed by atoms with Gasteiger partial charge in [-0.25, -0.2) is 0 Å². The molecule has 3 nitrogen and oxygen atoms in total. The van der Waals surface area contributed by atoms with E-state index in [1.54, 1.807) is 7.11 Å². The first kappa shape index (κ1) is 11.9. The summed E-state index contributed by atoms with van der Waals surface area (Å²) < 4.78 is 7.30. The smallest absolute Gasteiger partial charge is 0.152 e. The molecular weight excluding hydrogens is 214 g/mol. The summed E-state index contributed by atoms with van der Waals surface area (Å²) in [6.45, 7) is 4.66. The van der Waals surface area contributed by atoms with Crippen molar-refractivity contribution < 1.29 is 9.53 Å². The summed E-state index contributed by atoms with van der Waals surface area (Å²) in [6.07, 6.45) is 0.948. The third-order valence-corrected chi connectivity index (χ3v) is 2.97. The first-order chi connectivity index (χ1) is 8.20. The number of benzene rings is 1. The number of aromatic nitrogens is 1. The minimum Gasteiger partial charge on any atom is -0.364 e. The standard InChI is InChI=1S/C14H17NO2/c1-10(2)14-12(8-16)11-6-4-5-7-13(11)15(14)9-17-3/h4-8,10H,9H2,1-3H3. The van der Waals surface area contributed by atoms with Gasteiger partial charge in [0.15, 0.2) is 6.29 Å². The highest BCUT2D eigenvalue weighted by atomic mass is 16.5. The average molecular weight is 231 g/mol. The van der Waals surface area contributed by atoms with Crippen molar-refractivity contribution in [3.8, 4) is 0 Å². The van der Waals surface area contributed by atoms with Gasteiger partial charge in [0.05, 0.1) is 5.52 Å². The van der Waals surface area contributed by atoms with Gasteiger partial charge in [-0.2, -0.15) is 0 Å². The van der Waals surface area contributed by atoms with Crippen LogP contribution < -0.4 is 0 Å². The lowest BCUT2D eigenvalue weighted by Crippen LogP contribution is -2.07. The number of hydrogen-bond acceptors (Lipinski definition) is 2. The van der Waals surface area contributed by atoms with Crippen molar-refractivity contribution in [3.63, 3.8) is 0 Å². The normalized spacial score (nSPS) is 11.3. The highest BCUT2D eigenvalue weighted by molar-refractivity contribution is 5.99. The zero-order valence-electron chi connectivity index (χ0n) is 10.4. The number of carbonyl (C=O) groups excluding carboxylic acids is 1. The van der Waals surface area contributed by atoms with Gasteiger partial charge in [-0.3, -0.25) is 4.79 Å². The Morgan fingerprint density at radius 1 is 1.35 bits per heavy atom. The van der Waals surface area contributed by atoms with Crippen molar-refractivity contribution in [2.45, 2.75) is 26.5 Å². The van der Waals surface area contributed by atoms with E-state index in [1.807, 2.05) is 24.3 Å². The summed E-state index contributed by atoms with van der Waals surface area (Å²) in [6, 6.07) is 7.94. The summed E-state index contributed by atoms with van der Waals surface area (Å²) in [5.74, 6) is 0.290. The molecule has 0 aliphatic rings. The Bertz CT molecular complexity index is 540. The van der Waals surface area contributed by atoms with E-state index < -0.39 is 0 Å². The van der Waals surface area contributed by atoms with Gasteiger partial charge < -0.3 is 9.30 Å². The molecule has 1 aromatic heterocycles. The second-order valence-electron chi connectivity index (χ2n) is 4.43. The van der Waals surface area contributed by atoms with Gasteiger partial charge in [-0.05, 0) is 12.0 Å². The molecule has 0 fully saturated rings. The molecule has 0 atom stereocenters. The number of rotatable bonds is 4. The van der Waals surface area contributed by atoms with E-state index in [9.17, 15) is 4.79 Å². The van der Waals surface area contributed by atoms with Gasteiger partial charge in [-0.1, -0.05) is 32.0 Å². The fraction of sp³-hybridized carbons (Fsp3) is 0.357. The molecule has 1 heterocycles. The first-order valence-corrected chi connectivity index (χ1v) is 5.76. The average Bonchev–Trinajstić information content (AvgIpc) is 2.64. The molecule has 0 amide bonds. The van der Waals surface area contributed by atoms with Gasteiger partial charge in [0.25, 0.3) is 0 Å². The van der Waals surface area contributed by atoms with E-state index in [0.29, 0.717) is 6.73 Å². The maximum absolute atomic E-state index is 11.3. The Morgan fingerprint density at radius 2 is 2.06 bits per heavy atom. The van der Waals surface area contributed by atoms with Crippen molar-refractivity contribution in [2.24, 2.45) is 0 Å². The SMILES string of the molecule is COCn1c(C(C)C)c(C=O)c2ccccc21. The Labute approximate surface area is 101 Å². The first-order valence-electron chi connectivity index (χ1n) is 5.76. The number of para-hydroxylation sites is 1. The summed E-state index contributed by atoms with van der Waals surface area (Å²) in [5, 5.41) is 1.00. The fourth-order valence-electron chi connectivity index (χ4n) is 2.36. The molecular formula is C14H17NO2. The number of nitrogens with zero attached hydrogens (tertiary/aromatic N) is 1. The van der Waals surface area contributed by atoms with Crippen LogP contribution >= 0.6 is 0 Å². The Balaban J connectivity index is 2.82. The minimum atomic E-state index is 0.290. The van der Waals surface area contributed by atoms with Crippen molar-refractivity contribution in [1.82, 2.24) is 4.57 Å². The third-order valence-electron chi connectivity index (χ3n) is 2.97. The summed E-state index contributed by atoms with van der Waals surface area (Å²) >= 11 is 0. The highest BCUT2D eigenvalue weighted by Crippen LogP contribution is 2.29. The summed E-state index contributed by atoms with van der Waals surface area (Å²) in [7, 11) is 1.67. The van der Waals surface area contributed by atoms with Crippen LogP contribution in [-0.2, 0) is 11.5 Å². The molecule has 0 radical (unpaired) electrons. The van der Waals surface area contributed by atoms with Crippen LogP contribution in [0.1, 0.15) is 35.8 Å². The van der Waals surface area contributed by atoms with Crippen molar-refractivity contribution >= 4 is 17.2 Å². The summed E-state index contributed by atoms with van der Waals surface area (Å²) in [5.41, 5.74) is 2.89. The van der Waals surface area contributed by atoms with Crippen LogP contribution in [0.3, 0.4) is 0 Å². The van der Waals surface area contributed by atoms with Crippen LogP contribution in [0.2, 0.25) is 0 Å². The fourth-order valence-corrected chi connectivity index (χ4v) is 2.36. The molecule has 0 unspecified atom stereocenters. The van der Waals surface area contributed by atoms with E-state index in [2.05, 4.69) is 18.4 Å². The van der Waals surface area contributed by atoms with E-state index >= 15 is 0 Å². The number of hydrogen-bond donors (Lipinski definition) is 0. The van der Waals surface area contributed by atoms with Crippen LogP contribution in [0.25, 0.3) is 10.9 Å². The molecule has 0 saturated heterocycles. The monoisotopic (exact) mass is 231 g/mol. The van der Waals surface area contributed by atoms with Crippen LogP contribution in [0.15, 0.2) is 24.3 Å². The second-order valence-corrected chi connectivity index (χ2v) is 4.43. The van der Waals surface area contributed by atoms with Crippen LogP contribution in [0.4, 0.5) is 0 Å². The number of carbonyl (C=O) groups is 1. The minimum absolute atomic E-state index is 0.290. The highest BCUT2D eigenvalue weighted by Gasteiger charge is 2.18. The van der Waals surface area contributed by atoms with Gasteiger partial charge in [-0.15, -0.1) is 0 Å². The lowest BCUT2D eigenvalue weighted by molar-refractivity contribution is 0.112. The van der Waals surface area contributed by atoms with Crippen LogP contribution in [-0.4, -0.2) is 18.0 Å². The molecule has 2 rings (SSSR count). The molecule has 0 aliphatic carbocycles. The molecule has 90 valence electrons. The molecule has 0 spiro atoms.